The van der Waals surface area contributed by atoms with E-state index in [-0.39, 0.29) is 25.0 Å². The molecule has 1 saturated carbocycles. The molecule has 4 aromatic rings. The number of fused-ring (bicyclic) bond motifs is 1. The quantitative estimate of drug-likeness (QED) is 0.122. The first kappa shape index (κ1) is 30.3. The maximum atomic E-state index is 13.7. The van der Waals surface area contributed by atoms with E-state index in [1.54, 1.807) is 18.3 Å². The fourth-order valence-electron chi connectivity index (χ4n) is 5.21. The van der Waals surface area contributed by atoms with E-state index >= 15 is 0 Å². The number of rotatable bonds is 13. The van der Waals surface area contributed by atoms with Crippen LogP contribution in [0.25, 0.3) is 10.9 Å². The minimum atomic E-state index is -1.20. The lowest BCUT2D eigenvalue weighted by molar-refractivity contribution is -0.134. The Kier molecular flexibility index (Phi) is 8.96. The van der Waals surface area contributed by atoms with Crippen LogP contribution in [0.5, 0.6) is 5.75 Å². The van der Waals surface area contributed by atoms with Gasteiger partial charge in [0.2, 0.25) is 23.6 Å². The Hall–Kier alpha value is -5.16. The van der Waals surface area contributed by atoms with Crippen molar-refractivity contribution in [2.75, 3.05) is 0 Å². The third-order valence-electron chi connectivity index (χ3n) is 7.94. The molecule has 228 valence electrons. The summed E-state index contributed by atoms with van der Waals surface area (Å²) in [6.45, 7) is 0. The number of aromatic nitrogens is 1. The van der Waals surface area contributed by atoms with E-state index < -0.39 is 47.3 Å². The first-order valence-corrected chi connectivity index (χ1v) is 14.5. The van der Waals surface area contributed by atoms with Gasteiger partial charge in [0.05, 0.1) is 6.04 Å². The Labute approximate surface area is 254 Å². The number of aromatic amines is 1. The van der Waals surface area contributed by atoms with Gasteiger partial charge in [-0.15, -0.1) is 0 Å². The summed E-state index contributed by atoms with van der Waals surface area (Å²) in [7, 11) is 0. The minimum absolute atomic E-state index is 0.105. The summed E-state index contributed by atoms with van der Waals surface area (Å²) in [4.78, 5) is 55.8. The molecule has 0 spiro atoms. The summed E-state index contributed by atoms with van der Waals surface area (Å²) in [6, 6.07) is 20.1. The monoisotopic (exact) mass is 596 g/mol. The molecule has 11 heteroatoms. The molecule has 11 nitrogen and oxygen atoms in total. The predicted molar refractivity (Wildman–Crippen MR) is 165 cm³/mol. The van der Waals surface area contributed by atoms with Gasteiger partial charge in [0, 0.05) is 29.9 Å². The zero-order chi connectivity index (χ0) is 31.3. The highest BCUT2D eigenvalue weighted by Gasteiger charge is 2.52. The largest absolute Gasteiger partial charge is 0.508 e. The Morgan fingerprint density at radius 2 is 1.45 bits per heavy atom. The number of nitrogens with two attached hydrogens (primary N) is 2. The van der Waals surface area contributed by atoms with Crippen molar-refractivity contribution in [3.8, 4) is 5.75 Å². The second-order valence-corrected chi connectivity index (χ2v) is 11.3. The highest BCUT2D eigenvalue weighted by atomic mass is 16.3. The van der Waals surface area contributed by atoms with Crippen LogP contribution in [0.1, 0.15) is 29.5 Å². The van der Waals surface area contributed by atoms with Crippen LogP contribution in [-0.4, -0.2) is 57.4 Å². The van der Waals surface area contributed by atoms with Crippen molar-refractivity contribution in [2.45, 2.75) is 55.8 Å². The zero-order valence-electron chi connectivity index (χ0n) is 24.1. The minimum Gasteiger partial charge on any atom is -0.508 e. The van der Waals surface area contributed by atoms with Gasteiger partial charge in [0.1, 0.15) is 23.4 Å². The van der Waals surface area contributed by atoms with Gasteiger partial charge < -0.3 is 37.5 Å². The summed E-state index contributed by atoms with van der Waals surface area (Å²) >= 11 is 0. The van der Waals surface area contributed by atoms with Gasteiger partial charge in [-0.2, -0.15) is 0 Å². The molecule has 3 atom stereocenters. The number of phenolic OH excluding ortho intramolecular Hbond substituents is 1. The molecule has 0 aliphatic heterocycles. The molecular weight excluding hydrogens is 560 g/mol. The second kappa shape index (κ2) is 13.0. The summed E-state index contributed by atoms with van der Waals surface area (Å²) in [5.41, 5.74) is 13.8. The van der Waals surface area contributed by atoms with Crippen LogP contribution in [0, 0.1) is 0 Å². The first-order chi connectivity index (χ1) is 21.1. The number of H-pyrrole nitrogens is 1. The number of nitrogens with one attached hydrogen (secondary N) is 4. The molecule has 1 fully saturated rings. The SMILES string of the molecule is NC(=O)C(Cc1ccccc1)NC(=O)C(Cc1c[nH]c2ccccc12)NC(=O)C1(NC(=O)C(N)Cc2ccc(O)cc2)CC1. The maximum absolute atomic E-state index is 13.7. The van der Waals surface area contributed by atoms with Gasteiger partial charge >= 0.3 is 0 Å². The van der Waals surface area contributed by atoms with Gasteiger partial charge in [0.25, 0.3) is 0 Å². The molecule has 0 bridgehead atoms. The number of hydrogen-bond acceptors (Lipinski definition) is 6. The van der Waals surface area contributed by atoms with Gasteiger partial charge in [-0.05, 0) is 54.2 Å². The molecule has 0 saturated heterocycles. The van der Waals surface area contributed by atoms with E-state index in [1.165, 1.54) is 12.1 Å². The molecule has 0 radical (unpaired) electrons. The topological polar surface area (TPSA) is 192 Å². The molecule has 1 aromatic heterocycles. The van der Waals surface area contributed by atoms with Crippen molar-refractivity contribution in [3.63, 3.8) is 0 Å². The molecular formula is C33H36N6O5. The summed E-state index contributed by atoms with van der Waals surface area (Å²) in [6.07, 6.45) is 3.08. The van der Waals surface area contributed by atoms with Crippen LogP contribution >= 0.6 is 0 Å². The van der Waals surface area contributed by atoms with E-state index in [1.807, 2.05) is 54.6 Å². The number of primary amides is 1. The number of phenols is 1. The van der Waals surface area contributed by atoms with Gasteiger partial charge in [-0.3, -0.25) is 19.2 Å². The normalized spacial score (nSPS) is 15.5. The number of benzene rings is 3. The summed E-state index contributed by atoms with van der Waals surface area (Å²) in [5, 5.41) is 18.7. The third-order valence-corrected chi connectivity index (χ3v) is 7.94. The van der Waals surface area contributed by atoms with Crippen molar-refractivity contribution in [3.05, 3.63) is 102 Å². The molecule has 1 aliphatic carbocycles. The van der Waals surface area contributed by atoms with E-state index in [4.69, 9.17) is 11.5 Å². The van der Waals surface area contributed by atoms with Crippen molar-refractivity contribution in [2.24, 2.45) is 11.5 Å². The lowest BCUT2D eigenvalue weighted by Gasteiger charge is -2.25. The van der Waals surface area contributed by atoms with E-state index in [0.717, 1.165) is 27.6 Å². The summed E-state index contributed by atoms with van der Waals surface area (Å²) < 4.78 is 0. The number of hydrogen-bond donors (Lipinski definition) is 7. The van der Waals surface area contributed by atoms with E-state index in [9.17, 15) is 24.3 Å². The molecule has 3 aromatic carbocycles. The van der Waals surface area contributed by atoms with Gasteiger partial charge in [-0.25, -0.2) is 0 Å². The molecule has 3 unspecified atom stereocenters. The third kappa shape index (κ3) is 7.24. The van der Waals surface area contributed by atoms with Crippen LogP contribution in [0.15, 0.2) is 85.1 Å². The maximum Gasteiger partial charge on any atom is 0.246 e. The average Bonchev–Trinajstić information content (AvgIpc) is 3.69. The predicted octanol–water partition coefficient (Wildman–Crippen LogP) is 1.33. The zero-order valence-corrected chi connectivity index (χ0v) is 24.1. The fourth-order valence-corrected chi connectivity index (χ4v) is 5.21. The van der Waals surface area contributed by atoms with Crippen LogP contribution in [0.4, 0.5) is 0 Å². The number of carbonyl (C=O) groups is 4. The van der Waals surface area contributed by atoms with Crippen molar-refractivity contribution < 1.29 is 24.3 Å². The van der Waals surface area contributed by atoms with Crippen molar-refractivity contribution in [1.29, 1.82) is 0 Å². The summed E-state index contributed by atoms with van der Waals surface area (Å²) in [5.74, 6) is -2.18. The lowest BCUT2D eigenvalue weighted by atomic mass is 10.0. The Morgan fingerprint density at radius 1 is 0.795 bits per heavy atom. The molecule has 1 heterocycles. The van der Waals surface area contributed by atoms with E-state index in [2.05, 4.69) is 20.9 Å². The first-order valence-electron chi connectivity index (χ1n) is 14.5. The Bertz CT molecular complexity index is 1650. The Morgan fingerprint density at radius 3 is 2.14 bits per heavy atom. The average molecular weight is 597 g/mol. The standard InChI is InChI=1S/C33H36N6O5/c34-25(16-21-10-12-23(40)13-11-21)30(42)39-33(14-15-33)32(44)38-28(18-22-19-36-26-9-5-4-8-24(22)26)31(43)37-27(29(35)41)17-20-6-2-1-3-7-20/h1-13,19,25,27-28,36,40H,14-18,34H2,(H2,35,41)(H,37,43)(H,38,44)(H,39,42). The van der Waals surface area contributed by atoms with Crippen LogP contribution in [0.2, 0.25) is 0 Å². The molecule has 5 rings (SSSR count). The van der Waals surface area contributed by atoms with Crippen LogP contribution in [0.3, 0.4) is 0 Å². The smallest absolute Gasteiger partial charge is 0.246 e. The number of amides is 4. The van der Waals surface area contributed by atoms with Crippen molar-refractivity contribution in [1.82, 2.24) is 20.9 Å². The van der Waals surface area contributed by atoms with Gasteiger partial charge in [-0.1, -0.05) is 60.7 Å². The number of carbonyl (C=O) groups excluding carboxylic acids is 4. The molecule has 9 N–H and O–H groups in total. The number of aromatic hydroxyl groups is 1. The molecule has 4 amide bonds. The Balaban J connectivity index is 1.31. The van der Waals surface area contributed by atoms with E-state index in [0.29, 0.717) is 12.8 Å². The van der Waals surface area contributed by atoms with Gasteiger partial charge in [0.15, 0.2) is 0 Å². The van der Waals surface area contributed by atoms with Crippen LogP contribution in [-0.2, 0) is 38.4 Å². The highest BCUT2D eigenvalue weighted by molar-refractivity contribution is 5.99. The molecule has 44 heavy (non-hydrogen) atoms. The highest BCUT2D eigenvalue weighted by Crippen LogP contribution is 2.36. The lowest BCUT2D eigenvalue weighted by Crippen LogP contribution is -2.59. The van der Waals surface area contributed by atoms with Crippen molar-refractivity contribution >= 4 is 34.5 Å². The fraction of sp³-hybridized carbons (Fsp3) is 0.273. The van der Waals surface area contributed by atoms with Crippen LogP contribution < -0.4 is 27.4 Å². The number of para-hydroxylation sites is 1. The molecule has 1 aliphatic rings. The second-order valence-electron chi connectivity index (χ2n) is 11.3.